The summed E-state index contributed by atoms with van der Waals surface area (Å²) >= 11 is 3.29. The maximum atomic E-state index is 11.8. The maximum Gasteiger partial charge on any atom is 0.251 e. The molecule has 1 atom stereocenters. The van der Waals surface area contributed by atoms with Crippen LogP contribution in [0.15, 0.2) is 22.7 Å². The molecule has 0 aromatic heterocycles. The minimum Gasteiger partial charge on any atom is -0.398 e. The number of carbonyl (C=O) groups excluding carboxylic acids is 1. The normalized spacial score (nSPS) is 12.2. The van der Waals surface area contributed by atoms with E-state index in [4.69, 9.17) is 10.5 Å². The van der Waals surface area contributed by atoms with E-state index in [-0.39, 0.29) is 11.9 Å². The summed E-state index contributed by atoms with van der Waals surface area (Å²) in [5.41, 5.74) is 6.82. The molecule has 0 saturated carbocycles. The van der Waals surface area contributed by atoms with Crippen molar-refractivity contribution in [3.8, 4) is 0 Å². The highest BCUT2D eigenvalue weighted by molar-refractivity contribution is 9.10. The number of rotatable bonds is 5. The monoisotopic (exact) mass is 300 g/mol. The molecule has 0 radical (unpaired) electrons. The van der Waals surface area contributed by atoms with Crippen LogP contribution in [0.1, 0.15) is 24.2 Å². The van der Waals surface area contributed by atoms with Crippen LogP contribution in [0.3, 0.4) is 0 Å². The molecule has 1 aromatic rings. The first-order chi connectivity index (χ1) is 8.04. The van der Waals surface area contributed by atoms with E-state index in [2.05, 4.69) is 21.2 Å². The van der Waals surface area contributed by atoms with E-state index in [0.717, 1.165) is 4.47 Å². The number of ether oxygens (including phenoxy) is 1. The Hall–Kier alpha value is -1.07. The quantitative estimate of drug-likeness (QED) is 0.819. The summed E-state index contributed by atoms with van der Waals surface area (Å²) in [6, 6.07) is 5.11. The van der Waals surface area contributed by atoms with Crippen molar-refractivity contribution in [2.45, 2.75) is 19.9 Å². The Balaban J connectivity index is 2.60. The van der Waals surface area contributed by atoms with Gasteiger partial charge in [-0.2, -0.15) is 0 Å². The fourth-order valence-electron chi connectivity index (χ4n) is 1.33. The lowest BCUT2D eigenvalue weighted by molar-refractivity contribution is 0.0872. The minimum absolute atomic E-state index is 0.0210. The van der Waals surface area contributed by atoms with E-state index < -0.39 is 0 Å². The average Bonchev–Trinajstić information content (AvgIpc) is 2.30. The lowest BCUT2D eigenvalue weighted by atomic mass is 10.2. The molecular weight excluding hydrogens is 284 g/mol. The highest BCUT2D eigenvalue weighted by atomic mass is 79.9. The first-order valence-corrected chi connectivity index (χ1v) is 6.27. The molecule has 17 heavy (non-hydrogen) atoms. The van der Waals surface area contributed by atoms with Crippen molar-refractivity contribution in [2.75, 3.05) is 18.9 Å². The number of carbonyl (C=O) groups is 1. The predicted molar refractivity (Wildman–Crippen MR) is 72.0 cm³/mol. The van der Waals surface area contributed by atoms with Crippen LogP contribution < -0.4 is 11.1 Å². The zero-order valence-electron chi connectivity index (χ0n) is 10.00. The van der Waals surface area contributed by atoms with Crippen molar-refractivity contribution >= 4 is 27.5 Å². The predicted octanol–water partition coefficient (Wildman–Crippen LogP) is 2.19. The van der Waals surface area contributed by atoms with Gasteiger partial charge in [0.25, 0.3) is 5.91 Å². The largest absolute Gasteiger partial charge is 0.398 e. The zero-order valence-corrected chi connectivity index (χ0v) is 11.6. The van der Waals surface area contributed by atoms with Gasteiger partial charge in [0.2, 0.25) is 0 Å². The summed E-state index contributed by atoms with van der Waals surface area (Å²) < 4.78 is 6.02. The number of nitrogens with one attached hydrogen (secondary N) is 1. The van der Waals surface area contributed by atoms with Crippen LogP contribution in [0, 0.1) is 0 Å². The van der Waals surface area contributed by atoms with Gasteiger partial charge < -0.3 is 15.8 Å². The SMILES string of the molecule is CCOCC(C)NC(=O)c1ccc(Br)c(N)c1. The molecular formula is C12H17BrN2O2. The summed E-state index contributed by atoms with van der Waals surface area (Å²) in [7, 11) is 0. The molecule has 0 spiro atoms. The van der Waals surface area contributed by atoms with Crippen LogP contribution in [-0.4, -0.2) is 25.2 Å². The van der Waals surface area contributed by atoms with Gasteiger partial charge in [-0.05, 0) is 48.0 Å². The van der Waals surface area contributed by atoms with Gasteiger partial charge in [-0.15, -0.1) is 0 Å². The van der Waals surface area contributed by atoms with Crippen molar-refractivity contribution in [3.05, 3.63) is 28.2 Å². The lowest BCUT2D eigenvalue weighted by Gasteiger charge is -2.14. The van der Waals surface area contributed by atoms with Crippen LogP contribution in [0.25, 0.3) is 0 Å². The fraction of sp³-hybridized carbons (Fsp3) is 0.417. The molecule has 1 amide bonds. The van der Waals surface area contributed by atoms with E-state index in [1.807, 2.05) is 13.8 Å². The number of hydrogen-bond donors (Lipinski definition) is 2. The third-order valence-electron chi connectivity index (χ3n) is 2.21. The van der Waals surface area contributed by atoms with Crippen LogP contribution >= 0.6 is 15.9 Å². The first kappa shape index (κ1) is 14.0. The molecule has 0 saturated heterocycles. The fourth-order valence-corrected chi connectivity index (χ4v) is 1.58. The van der Waals surface area contributed by atoms with Gasteiger partial charge >= 0.3 is 0 Å². The molecule has 0 fully saturated rings. The summed E-state index contributed by atoms with van der Waals surface area (Å²) in [4.78, 5) is 11.8. The van der Waals surface area contributed by atoms with E-state index in [1.54, 1.807) is 18.2 Å². The highest BCUT2D eigenvalue weighted by Crippen LogP contribution is 2.20. The van der Waals surface area contributed by atoms with Crippen molar-refractivity contribution in [3.63, 3.8) is 0 Å². The molecule has 0 aliphatic heterocycles. The summed E-state index contributed by atoms with van der Waals surface area (Å²) in [5, 5.41) is 2.84. The molecule has 0 bridgehead atoms. The van der Waals surface area contributed by atoms with Crippen LogP contribution in [0.4, 0.5) is 5.69 Å². The summed E-state index contributed by atoms with van der Waals surface area (Å²) in [5.74, 6) is -0.142. The zero-order chi connectivity index (χ0) is 12.8. The second-order valence-electron chi connectivity index (χ2n) is 3.77. The Kier molecular flexibility index (Phi) is 5.44. The number of halogens is 1. The Labute approximate surface area is 110 Å². The van der Waals surface area contributed by atoms with Crippen LogP contribution in [0.2, 0.25) is 0 Å². The first-order valence-electron chi connectivity index (χ1n) is 5.48. The van der Waals surface area contributed by atoms with E-state index >= 15 is 0 Å². The smallest absolute Gasteiger partial charge is 0.251 e. The third-order valence-corrected chi connectivity index (χ3v) is 2.93. The number of nitrogens with two attached hydrogens (primary N) is 1. The number of nitrogen functional groups attached to an aromatic ring is 1. The average molecular weight is 301 g/mol. The molecule has 0 heterocycles. The van der Waals surface area contributed by atoms with Gasteiger partial charge in [0.1, 0.15) is 0 Å². The minimum atomic E-state index is -0.142. The molecule has 0 aliphatic carbocycles. The number of amides is 1. The molecule has 5 heteroatoms. The number of anilines is 1. The highest BCUT2D eigenvalue weighted by Gasteiger charge is 2.10. The maximum absolute atomic E-state index is 11.8. The summed E-state index contributed by atoms with van der Waals surface area (Å²) in [6.07, 6.45) is 0. The Morgan fingerprint density at radius 2 is 2.29 bits per heavy atom. The Morgan fingerprint density at radius 3 is 2.88 bits per heavy atom. The molecule has 0 aliphatic rings. The Bertz CT molecular complexity index is 396. The van der Waals surface area contributed by atoms with Crippen molar-refractivity contribution in [1.29, 1.82) is 0 Å². The van der Waals surface area contributed by atoms with Crippen molar-refractivity contribution in [1.82, 2.24) is 5.32 Å². The van der Waals surface area contributed by atoms with E-state index in [9.17, 15) is 4.79 Å². The second kappa shape index (κ2) is 6.61. The molecule has 1 rings (SSSR count). The van der Waals surface area contributed by atoms with E-state index in [1.165, 1.54) is 0 Å². The van der Waals surface area contributed by atoms with Crippen LogP contribution in [-0.2, 0) is 4.74 Å². The molecule has 94 valence electrons. The standard InChI is InChI=1S/C12H17BrN2O2/c1-3-17-7-8(2)15-12(16)9-4-5-10(13)11(14)6-9/h4-6,8H,3,7,14H2,1-2H3,(H,15,16). The van der Waals surface area contributed by atoms with E-state index in [0.29, 0.717) is 24.5 Å². The third kappa shape index (κ3) is 4.36. The molecule has 1 unspecified atom stereocenters. The van der Waals surface area contributed by atoms with Gasteiger partial charge in [0.15, 0.2) is 0 Å². The van der Waals surface area contributed by atoms with Crippen molar-refractivity contribution in [2.24, 2.45) is 0 Å². The molecule has 3 N–H and O–H groups in total. The van der Waals surface area contributed by atoms with Gasteiger partial charge in [-0.25, -0.2) is 0 Å². The second-order valence-corrected chi connectivity index (χ2v) is 4.62. The number of benzene rings is 1. The Morgan fingerprint density at radius 1 is 1.59 bits per heavy atom. The van der Waals surface area contributed by atoms with Gasteiger partial charge in [0, 0.05) is 28.4 Å². The topological polar surface area (TPSA) is 64.3 Å². The molecule has 1 aromatic carbocycles. The lowest BCUT2D eigenvalue weighted by Crippen LogP contribution is -2.35. The molecule has 4 nitrogen and oxygen atoms in total. The van der Waals surface area contributed by atoms with Gasteiger partial charge in [-0.3, -0.25) is 4.79 Å². The number of hydrogen-bond acceptors (Lipinski definition) is 3. The van der Waals surface area contributed by atoms with Crippen LogP contribution in [0.5, 0.6) is 0 Å². The van der Waals surface area contributed by atoms with Gasteiger partial charge in [-0.1, -0.05) is 0 Å². The van der Waals surface area contributed by atoms with Gasteiger partial charge in [0.05, 0.1) is 6.61 Å². The van der Waals surface area contributed by atoms with Crippen molar-refractivity contribution < 1.29 is 9.53 Å². The summed E-state index contributed by atoms with van der Waals surface area (Å²) in [6.45, 7) is 4.97.